The summed E-state index contributed by atoms with van der Waals surface area (Å²) in [5.74, 6) is 3.06. The Labute approximate surface area is 183 Å². The van der Waals surface area contributed by atoms with E-state index in [1.165, 1.54) is 17.0 Å². The summed E-state index contributed by atoms with van der Waals surface area (Å²) in [6, 6.07) is 10.4. The van der Waals surface area contributed by atoms with Crippen LogP contribution in [0.1, 0.15) is 35.1 Å². The zero-order valence-corrected chi connectivity index (χ0v) is 19.3. The van der Waals surface area contributed by atoms with Gasteiger partial charge >= 0.3 is 0 Å². The highest BCUT2D eigenvalue weighted by molar-refractivity contribution is 5.79. The number of guanidine groups is 1. The van der Waals surface area contributed by atoms with E-state index in [0.717, 1.165) is 43.3 Å². The van der Waals surface area contributed by atoms with Crippen LogP contribution >= 0.6 is 0 Å². The molecule has 0 saturated heterocycles. The lowest BCUT2D eigenvalue weighted by Gasteiger charge is -2.22. The highest BCUT2D eigenvalue weighted by Crippen LogP contribution is 2.23. The molecule has 3 rings (SSSR count). The summed E-state index contributed by atoms with van der Waals surface area (Å²) in [7, 11) is 5.54. The number of aryl methyl sites for hydroxylation is 3. The van der Waals surface area contributed by atoms with Crippen LogP contribution < -0.4 is 10.1 Å². The fraction of sp³-hybridized carbons (Fsp3) is 0.435. The molecule has 31 heavy (non-hydrogen) atoms. The molecule has 8 nitrogen and oxygen atoms in total. The molecule has 2 aromatic heterocycles. The van der Waals surface area contributed by atoms with Gasteiger partial charge in [-0.05, 0) is 63.1 Å². The Morgan fingerprint density at radius 3 is 2.58 bits per heavy atom. The Hall–Kier alpha value is -3.29. The van der Waals surface area contributed by atoms with Crippen molar-refractivity contribution in [3.05, 3.63) is 59.0 Å². The molecule has 166 valence electrons. The van der Waals surface area contributed by atoms with Crippen molar-refractivity contribution in [1.29, 1.82) is 0 Å². The van der Waals surface area contributed by atoms with Gasteiger partial charge in [0.25, 0.3) is 0 Å². The Morgan fingerprint density at radius 1 is 1.23 bits per heavy atom. The summed E-state index contributed by atoms with van der Waals surface area (Å²) in [5, 5.41) is 7.24. The number of hydrogen-bond donors (Lipinski definition) is 1. The molecule has 0 fully saturated rings. The van der Waals surface area contributed by atoms with E-state index in [1.54, 1.807) is 14.2 Å². The van der Waals surface area contributed by atoms with E-state index in [2.05, 4.69) is 69.0 Å². The molecule has 0 unspecified atom stereocenters. The lowest BCUT2D eigenvalue weighted by atomic mass is 10.2. The second-order valence-corrected chi connectivity index (χ2v) is 7.60. The molecule has 1 N–H and O–H groups in total. The summed E-state index contributed by atoms with van der Waals surface area (Å²) in [6.07, 6.45) is 1.64. The number of methoxy groups -OCH3 is 1. The predicted molar refractivity (Wildman–Crippen MR) is 122 cm³/mol. The number of benzene rings is 1. The van der Waals surface area contributed by atoms with Crippen molar-refractivity contribution in [2.75, 3.05) is 27.7 Å². The summed E-state index contributed by atoms with van der Waals surface area (Å²) in [4.78, 5) is 10.8. The van der Waals surface area contributed by atoms with Crippen molar-refractivity contribution < 1.29 is 9.26 Å². The molecule has 0 bridgehead atoms. The van der Waals surface area contributed by atoms with Crippen LogP contribution in [0.3, 0.4) is 0 Å². The molecular formula is C23H32N6O2. The van der Waals surface area contributed by atoms with E-state index in [-0.39, 0.29) is 0 Å². The fourth-order valence-corrected chi connectivity index (χ4v) is 3.71. The van der Waals surface area contributed by atoms with Gasteiger partial charge in [0.05, 0.1) is 7.11 Å². The van der Waals surface area contributed by atoms with E-state index in [4.69, 9.17) is 9.26 Å². The number of aliphatic imine (C=N–C) groups is 1. The molecule has 0 aliphatic rings. The van der Waals surface area contributed by atoms with Gasteiger partial charge in [0.2, 0.25) is 5.89 Å². The van der Waals surface area contributed by atoms with Crippen LogP contribution in [-0.4, -0.2) is 53.3 Å². The number of rotatable bonds is 8. The highest BCUT2D eigenvalue weighted by atomic mass is 16.5. The maximum absolute atomic E-state index is 5.28. The minimum atomic E-state index is 0.672. The van der Waals surface area contributed by atoms with Crippen LogP contribution in [0.15, 0.2) is 39.8 Å². The maximum Gasteiger partial charge on any atom is 0.226 e. The number of nitrogens with one attached hydrogen (secondary N) is 1. The van der Waals surface area contributed by atoms with E-state index < -0.39 is 0 Å². The third-order valence-electron chi connectivity index (χ3n) is 5.27. The first-order valence-electron chi connectivity index (χ1n) is 10.5. The quantitative estimate of drug-likeness (QED) is 0.339. The molecular weight excluding hydrogens is 392 g/mol. The molecule has 0 atom stereocenters. The van der Waals surface area contributed by atoms with Gasteiger partial charge in [-0.25, -0.2) is 0 Å². The van der Waals surface area contributed by atoms with Crippen LogP contribution in [0.5, 0.6) is 5.75 Å². The highest BCUT2D eigenvalue weighted by Gasteiger charge is 2.14. The van der Waals surface area contributed by atoms with Gasteiger partial charge in [-0.3, -0.25) is 4.99 Å². The van der Waals surface area contributed by atoms with Crippen LogP contribution in [0.25, 0.3) is 5.69 Å². The number of nitrogens with zero attached hydrogens (tertiary/aromatic N) is 5. The third-order valence-corrected chi connectivity index (χ3v) is 5.27. The molecule has 0 spiro atoms. The average Bonchev–Trinajstić information content (AvgIpc) is 3.30. The number of hydrogen-bond acceptors (Lipinski definition) is 5. The normalized spacial score (nSPS) is 11.6. The molecule has 0 aliphatic carbocycles. The summed E-state index contributed by atoms with van der Waals surface area (Å²) >= 11 is 0. The third kappa shape index (κ3) is 5.45. The Morgan fingerprint density at radius 2 is 1.97 bits per heavy atom. The van der Waals surface area contributed by atoms with Crippen LogP contribution in [0.2, 0.25) is 0 Å². The number of aromatic nitrogens is 3. The first-order valence-corrected chi connectivity index (χ1v) is 10.5. The maximum atomic E-state index is 5.28. The zero-order chi connectivity index (χ0) is 22.4. The second kappa shape index (κ2) is 10.1. The van der Waals surface area contributed by atoms with Gasteiger partial charge in [-0.15, -0.1) is 0 Å². The van der Waals surface area contributed by atoms with Crippen LogP contribution in [-0.2, 0) is 13.0 Å². The molecule has 1 aromatic carbocycles. The predicted octanol–water partition coefficient (Wildman–Crippen LogP) is 3.43. The van der Waals surface area contributed by atoms with Gasteiger partial charge < -0.3 is 24.0 Å². The van der Waals surface area contributed by atoms with Crippen molar-refractivity contribution >= 4 is 5.96 Å². The van der Waals surface area contributed by atoms with Gasteiger partial charge in [0.1, 0.15) is 5.75 Å². The molecule has 3 aromatic rings. The van der Waals surface area contributed by atoms with Gasteiger partial charge in [-0.2, -0.15) is 4.98 Å². The monoisotopic (exact) mass is 424 g/mol. The minimum absolute atomic E-state index is 0.672. The van der Waals surface area contributed by atoms with Gasteiger partial charge in [-0.1, -0.05) is 5.16 Å². The van der Waals surface area contributed by atoms with Crippen molar-refractivity contribution in [2.24, 2.45) is 4.99 Å². The zero-order valence-electron chi connectivity index (χ0n) is 19.3. The SMILES string of the molecule is CN=C(NCCCc1nc(C)no1)N(C)Cc1cc(C)n(-c2ccc(OC)cc2)c1C. The molecule has 0 aliphatic heterocycles. The van der Waals surface area contributed by atoms with Gasteiger partial charge in [0, 0.05) is 50.7 Å². The van der Waals surface area contributed by atoms with E-state index in [0.29, 0.717) is 11.7 Å². The van der Waals surface area contributed by atoms with Crippen molar-refractivity contribution in [3.63, 3.8) is 0 Å². The van der Waals surface area contributed by atoms with Gasteiger partial charge in [0.15, 0.2) is 11.8 Å². The number of ether oxygens (including phenoxy) is 1. The minimum Gasteiger partial charge on any atom is -0.497 e. The Balaban J connectivity index is 1.61. The summed E-state index contributed by atoms with van der Waals surface area (Å²) in [5.41, 5.74) is 4.81. The smallest absolute Gasteiger partial charge is 0.226 e. The fourth-order valence-electron chi connectivity index (χ4n) is 3.71. The second-order valence-electron chi connectivity index (χ2n) is 7.60. The average molecular weight is 425 g/mol. The van der Waals surface area contributed by atoms with Crippen molar-refractivity contribution in [2.45, 2.75) is 40.2 Å². The van der Waals surface area contributed by atoms with Crippen LogP contribution in [0.4, 0.5) is 0 Å². The molecule has 0 saturated carbocycles. The van der Waals surface area contributed by atoms with Crippen molar-refractivity contribution in [3.8, 4) is 11.4 Å². The van der Waals surface area contributed by atoms with E-state index >= 15 is 0 Å². The summed E-state index contributed by atoms with van der Waals surface area (Å²) in [6.45, 7) is 7.66. The topological polar surface area (TPSA) is 80.7 Å². The molecule has 2 heterocycles. The Kier molecular flexibility index (Phi) is 7.33. The van der Waals surface area contributed by atoms with Crippen LogP contribution in [0, 0.1) is 20.8 Å². The largest absolute Gasteiger partial charge is 0.497 e. The summed E-state index contributed by atoms with van der Waals surface area (Å²) < 4.78 is 12.7. The Bertz CT molecular complexity index is 1020. The molecule has 0 radical (unpaired) electrons. The molecule has 0 amide bonds. The first kappa shape index (κ1) is 22.4. The van der Waals surface area contributed by atoms with E-state index in [1.807, 2.05) is 19.1 Å². The van der Waals surface area contributed by atoms with Crippen molar-refractivity contribution in [1.82, 2.24) is 24.9 Å². The van der Waals surface area contributed by atoms with E-state index in [9.17, 15) is 0 Å². The lowest BCUT2D eigenvalue weighted by molar-refractivity contribution is 0.371. The lowest BCUT2D eigenvalue weighted by Crippen LogP contribution is -2.39. The first-order chi connectivity index (χ1) is 14.9. The standard InChI is InChI=1S/C23H32N6O2/c1-16-14-19(17(2)29(16)20-9-11-21(30-6)12-10-20)15-28(5)23(24-4)25-13-7-8-22-26-18(3)27-31-22/h9-12,14H,7-8,13,15H2,1-6H3,(H,24,25). The molecule has 8 heteroatoms.